The summed E-state index contributed by atoms with van der Waals surface area (Å²) in [6.45, 7) is 0. The molecule has 0 saturated heterocycles. The highest BCUT2D eigenvalue weighted by atomic mass is 15.1. The van der Waals surface area contributed by atoms with E-state index in [9.17, 15) is 0 Å². The van der Waals surface area contributed by atoms with E-state index in [-0.39, 0.29) is 0 Å². The van der Waals surface area contributed by atoms with Crippen molar-refractivity contribution in [3.05, 3.63) is 215 Å². The zero-order chi connectivity index (χ0) is 41.5. The van der Waals surface area contributed by atoms with Crippen molar-refractivity contribution in [1.29, 1.82) is 0 Å². The summed E-state index contributed by atoms with van der Waals surface area (Å²) < 4.78 is 2.44. The molecule has 1 heterocycles. The molecule has 0 atom stereocenters. The van der Waals surface area contributed by atoms with Crippen LogP contribution in [0.2, 0.25) is 0 Å². The maximum atomic E-state index is 2.67. The summed E-state index contributed by atoms with van der Waals surface area (Å²) in [5.74, 6) is 1.25. The molecule has 1 spiro atoms. The van der Waals surface area contributed by atoms with Gasteiger partial charge in [0.15, 0.2) is 0 Å². The van der Waals surface area contributed by atoms with E-state index in [4.69, 9.17) is 0 Å². The lowest BCUT2D eigenvalue weighted by atomic mass is 9.69. The fraction of sp³-hybridized carbons (Fsp3) is 0.213. The molecule has 63 heavy (non-hydrogen) atoms. The van der Waals surface area contributed by atoms with Gasteiger partial charge in [-0.2, -0.15) is 0 Å². The Morgan fingerprint density at radius 2 is 0.937 bits per heavy atom. The minimum absolute atomic E-state index is 0.421. The molecule has 4 aliphatic carbocycles. The van der Waals surface area contributed by atoms with Crippen molar-refractivity contribution < 1.29 is 0 Å². The van der Waals surface area contributed by atoms with Gasteiger partial charge in [-0.25, -0.2) is 0 Å². The Hall–Kier alpha value is -6.64. The zero-order valence-electron chi connectivity index (χ0n) is 35.9. The van der Waals surface area contributed by atoms with E-state index >= 15 is 0 Å². The fourth-order valence-electron chi connectivity index (χ4n) is 12.8. The number of para-hydroxylation sites is 3. The van der Waals surface area contributed by atoms with Crippen molar-refractivity contribution in [2.75, 3.05) is 4.90 Å². The number of rotatable bonds is 6. The van der Waals surface area contributed by atoms with Crippen LogP contribution in [0.4, 0.5) is 17.1 Å². The van der Waals surface area contributed by atoms with Crippen LogP contribution in [0.5, 0.6) is 0 Å². The van der Waals surface area contributed by atoms with Gasteiger partial charge in [-0.3, -0.25) is 0 Å². The van der Waals surface area contributed by atoms with Gasteiger partial charge in [0.1, 0.15) is 0 Å². The highest BCUT2D eigenvalue weighted by Gasteiger charge is 2.53. The van der Waals surface area contributed by atoms with Gasteiger partial charge in [-0.1, -0.05) is 172 Å². The maximum Gasteiger partial charge on any atom is 0.0726 e. The predicted molar refractivity (Wildman–Crippen MR) is 263 cm³/mol. The lowest BCUT2D eigenvalue weighted by Crippen LogP contribution is -2.26. The molecule has 9 aromatic rings. The molecule has 0 bridgehead atoms. The van der Waals surface area contributed by atoms with Gasteiger partial charge in [-0.05, 0) is 136 Å². The maximum absolute atomic E-state index is 2.67. The van der Waals surface area contributed by atoms with Crippen LogP contribution in [-0.4, -0.2) is 4.57 Å². The van der Waals surface area contributed by atoms with Crippen molar-refractivity contribution in [2.45, 2.75) is 81.5 Å². The number of anilines is 3. The lowest BCUT2D eigenvalue weighted by Gasteiger charge is -2.33. The Morgan fingerprint density at radius 3 is 1.59 bits per heavy atom. The van der Waals surface area contributed by atoms with Crippen LogP contribution in [0, 0.1) is 0 Å². The van der Waals surface area contributed by atoms with Gasteiger partial charge in [0, 0.05) is 33.4 Å². The first-order chi connectivity index (χ1) is 31.3. The highest BCUT2D eigenvalue weighted by molar-refractivity contribution is 6.09. The van der Waals surface area contributed by atoms with Crippen LogP contribution in [0.3, 0.4) is 0 Å². The minimum Gasteiger partial charge on any atom is -0.310 e. The summed E-state index contributed by atoms with van der Waals surface area (Å²) in [6.07, 6.45) is 13.2. The van der Waals surface area contributed by atoms with E-state index in [1.54, 1.807) is 0 Å². The van der Waals surface area contributed by atoms with E-state index in [0.29, 0.717) is 11.8 Å². The molecule has 1 aromatic heterocycles. The van der Waals surface area contributed by atoms with E-state index in [1.165, 1.54) is 147 Å². The first kappa shape index (κ1) is 37.0. The van der Waals surface area contributed by atoms with Crippen LogP contribution in [-0.2, 0) is 5.41 Å². The molecule has 2 heteroatoms. The average Bonchev–Trinajstić information content (AvgIpc) is 3.97. The summed E-state index contributed by atoms with van der Waals surface area (Å²) in [6, 6.07) is 69.9. The third kappa shape index (κ3) is 5.56. The number of hydrogen-bond donors (Lipinski definition) is 0. The standard InChI is InChI=1S/C61H52N2/c1-4-18-41(19-5-1)43-34-36-48-49-37-35-44(42-20-6-2-7-21-42)39-56(49)61(55(48)38-43)53-29-13-10-28-52(53)60-54(61)30-17-33-59(60)62(45-22-8-3-9-23-45)46-24-16-25-47(40-46)63-57-31-14-11-26-50(57)51-27-12-15-32-58(51)63/h3,8-17,22-42H,1-2,4-7,18-21H2. The number of aromatic nitrogens is 1. The van der Waals surface area contributed by atoms with E-state index in [1.807, 2.05) is 0 Å². The third-order valence-electron chi connectivity index (χ3n) is 15.6. The normalized spacial score (nSPS) is 16.6. The Labute approximate surface area is 371 Å². The number of benzene rings is 8. The van der Waals surface area contributed by atoms with Crippen LogP contribution in [0.15, 0.2) is 182 Å². The lowest BCUT2D eigenvalue weighted by molar-refractivity contribution is 0.443. The van der Waals surface area contributed by atoms with Gasteiger partial charge in [0.05, 0.1) is 22.1 Å². The van der Waals surface area contributed by atoms with Crippen molar-refractivity contribution in [3.8, 4) is 27.9 Å². The minimum atomic E-state index is -0.421. The molecule has 0 N–H and O–H groups in total. The molecule has 306 valence electrons. The number of fused-ring (bicyclic) bond motifs is 13. The molecule has 2 saturated carbocycles. The molecular formula is C61H52N2. The Balaban J connectivity index is 1.06. The molecule has 0 amide bonds. The summed E-state index contributed by atoms with van der Waals surface area (Å²) in [7, 11) is 0. The average molecular weight is 813 g/mol. The predicted octanol–water partition coefficient (Wildman–Crippen LogP) is 16.7. The molecule has 2 nitrogen and oxygen atoms in total. The number of hydrogen-bond acceptors (Lipinski definition) is 1. The molecule has 2 fully saturated rings. The second-order valence-electron chi connectivity index (χ2n) is 18.8. The van der Waals surface area contributed by atoms with E-state index in [2.05, 4.69) is 191 Å². The van der Waals surface area contributed by atoms with Crippen molar-refractivity contribution in [2.24, 2.45) is 0 Å². The van der Waals surface area contributed by atoms with Crippen molar-refractivity contribution >= 4 is 38.9 Å². The van der Waals surface area contributed by atoms with Gasteiger partial charge in [-0.15, -0.1) is 0 Å². The van der Waals surface area contributed by atoms with E-state index < -0.39 is 5.41 Å². The van der Waals surface area contributed by atoms with Crippen molar-refractivity contribution in [3.63, 3.8) is 0 Å². The summed E-state index contributed by atoms with van der Waals surface area (Å²) >= 11 is 0. The molecule has 0 radical (unpaired) electrons. The second-order valence-corrected chi connectivity index (χ2v) is 18.8. The quantitative estimate of drug-likeness (QED) is 0.162. The van der Waals surface area contributed by atoms with Gasteiger partial charge < -0.3 is 9.47 Å². The Morgan fingerprint density at radius 1 is 0.397 bits per heavy atom. The van der Waals surface area contributed by atoms with Gasteiger partial charge in [0.2, 0.25) is 0 Å². The topological polar surface area (TPSA) is 8.17 Å². The summed E-state index contributed by atoms with van der Waals surface area (Å²) in [5.41, 5.74) is 21.0. The van der Waals surface area contributed by atoms with Gasteiger partial charge >= 0.3 is 0 Å². The first-order valence-corrected chi connectivity index (χ1v) is 23.7. The first-order valence-electron chi connectivity index (χ1n) is 23.7. The number of nitrogens with zero attached hydrogens (tertiary/aromatic N) is 2. The van der Waals surface area contributed by atoms with Crippen LogP contribution < -0.4 is 4.90 Å². The summed E-state index contributed by atoms with van der Waals surface area (Å²) in [5, 5.41) is 2.55. The highest BCUT2D eigenvalue weighted by Crippen LogP contribution is 2.65. The molecule has 13 rings (SSSR count). The van der Waals surface area contributed by atoms with E-state index in [0.717, 1.165) is 17.1 Å². The smallest absolute Gasteiger partial charge is 0.0726 e. The Bertz CT molecular complexity index is 3090. The van der Waals surface area contributed by atoms with Crippen LogP contribution >= 0.6 is 0 Å². The molecular weight excluding hydrogens is 761 g/mol. The monoisotopic (exact) mass is 812 g/mol. The SMILES string of the molecule is c1ccc(N(c2cccc(-n3c4ccccc4c4ccccc43)c2)c2cccc3c2-c2ccccc2C32c3cc(C4CCCCC4)ccc3-c3ccc(C4CCCCC4)cc32)cc1. The molecule has 0 aliphatic heterocycles. The fourth-order valence-corrected chi connectivity index (χ4v) is 12.8. The van der Waals surface area contributed by atoms with Crippen LogP contribution in [0.1, 0.15) is 109 Å². The Kier molecular flexibility index (Phi) is 8.65. The second kappa shape index (κ2) is 14.7. The largest absolute Gasteiger partial charge is 0.310 e. The van der Waals surface area contributed by atoms with Gasteiger partial charge in [0.25, 0.3) is 0 Å². The molecule has 8 aromatic carbocycles. The van der Waals surface area contributed by atoms with Crippen molar-refractivity contribution in [1.82, 2.24) is 4.57 Å². The molecule has 0 unspecified atom stereocenters. The zero-order valence-corrected chi connectivity index (χ0v) is 35.9. The molecule has 4 aliphatic rings. The summed E-state index contributed by atoms with van der Waals surface area (Å²) in [4.78, 5) is 2.53. The van der Waals surface area contributed by atoms with Crippen LogP contribution in [0.25, 0.3) is 49.7 Å². The third-order valence-corrected chi connectivity index (χ3v) is 15.6.